The number of carbonyl (C=O) groups is 4. The van der Waals surface area contributed by atoms with Gasteiger partial charge in [-0.3, -0.25) is 14.9 Å². The minimum Gasteiger partial charge on any atom is -0.507 e. The van der Waals surface area contributed by atoms with Gasteiger partial charge in [0.1, 0.15) is 5.75 Å². The number of phenols is 1. The number of hydrogen-bond donors (Lipinski definition) is 5. The summed E-state index contributed by atoms with van der Waals surface area (Å²) < 4.78 is 0.730. The number of phenolic OH excluding ortho intramolecular Hbond substituents is 1. The number of urea groups is 1. The van der Waals surface area contributed by atoms with Crippen LogP contribution in [0.15, 0.2) is 77.3 Å². The zero-order chi connectivity index (χ0) is 26.7. The van der Waals surface area contributed by atoms with Crippen molar-refractivity contribution >= 4 is 61.9 Å². The highest BCUT2D eigenvalue weighted by molar-refractivity contribution is 9.10. The highest BCUT2D eigenvalue weighted by Crippen LogP contribution is 2.31. The third-order valence-electron chi connectivity index (χ3n) is 5.59. The van der Waals surface area contributed by atoms with E-state index in [0.29, 0.717) is 16.6 Å². The monoisotopic (exact) mass is 561 g/mol. The SMILES string of the molecule is Cc1c(O)c(C(=O)Nc2cc(C(=O)NC(=O)Nc3cccc(Br)c3)ccc2C(=O)O)cc2ccccc12. The molecular weight excluding hydrogens is 542 g/mol. The lowest BCUT2D eigenvalue weighted by molar-refractivity contribution is 0.0697. The number of benzene rings is 4. The van der Waals surface area contributed by atoms with E-state index in [2.05, 4.69) is 31.9 Å². The average molecular weight is 562 g/mol. The topological polar surface area (TPSA) is 145 Å². The van der Waals surface area contributed by atoms with Gasteiger partial charge in [-0.2, -0.15) is 0 Å². The second kappa shape index (κ2) is 10.5. The van der Waals surface area contributed by atoms with Gasteiger partial charge in [0, 0.05) is 15.7 Å². The zero-order valence-electron chi connectivity index (χ0n) is 19.3. The fraction of sp³-hybridized carbons (Fsp3) is 0.0370. The maximum Gasteiger partial charge on any atom is 0.337 e. The normalized spacial score (nSPS) is 10.5. The van der Waals surface area contributed by atoms with Crippen LogP contribution in [0.1, 0.15) is 36.6 Å². The fourth-order valence-corrected chi connectivity index (χ4v) is 4.16. The van der Waals surface area contributed by atoms with Crippen molar-refractivity contribution < 1.29 is 29.4 Å². The molecule has 4 amide bonds. The number of aromatic carboxylic acids is 1. The van der Waals surface area contributed by atoms with Crippen LogP contribution in [0.4, 0.5) is 16.2 Å². The lowest BCUT2D eigenvalue weighted by Gasteiger charge is -2.14. The number of aryl methyl sites for hydroxylation is 1. The Morgan fingerprint density at radius 3 is 2.30 bits per heavy atom. The highest BCUT2D eigenvalue weighted by Gasteiger charge is 2.21. The van der Waals surface area contributed by atoms with E-state index < -0.39 is 23.8 Å². The summed E-state index contributed by atoms with van der Waals surface area (Å²) in [4.78, 5) is 49.7. The molecule has 0 atom stereocenters. The Hall–Kier alpha value is -4.70. The van der Waals surface area contributed by atoms with E-state index in [1.54, 1.807) is 43.3 Å². The summed E-state index contributed by atoms with van der Waals surface area (Å²) in [5, 5.41) is 28.8. The van der Waals surface area contributed by atoms with Crippen LogP contribution >= 0.6 is 15.9 Å². The molecule has 0 bridgehead atoms. The third-order valence-corrected chi connectivity index (χ3v) is 6.08. The van der Waals surface area contributed by atoms with E-state index >= 15 is 0 Å². The Morgan fingerprint density at radius 1 is 0.811 bits per heavy atom. The van der Waals surface area contributed by atoms with Gasteiger partial charge in [0.05, 0.1) is 16.8 Å². The lowest BCUT2D eigenvalue weighted by atomic mass is 9.99. The molecule has 4 rings (SSSR count). The number of halogens is 1. The van der Waals surface area contributed by atoms with Gasteiger partial charge in [-0.15, -0.1) is 0 Å². The van der Waals surface area contributed by atoms with Gasteiger partial charge in [0.15, 0.2) is 0 Å². The Morgan fingerprint density at radius 2 is 1.57 bits per heavy atom. The van der Waals surface area contributed by atoms with E-state index in [4.69, 9.17) is 0 Å². The van der Waals surface area contributed by atoms with Crippen molar-refractivity contribution in [2.45, 2.75) is 6.92 Å². The van der Waals surface area contributed by atoms with Crippen molar-refractivity contribution in [2.24, 2.45) is 0 Å². The summed E-state index contributed by atoms with van der Waals surface area (Å²) in [5.41, 5.74) is 0.355. The molecule has 4 aromatic rings. The van der Waals surface area contributed by atoms with Crippen LogP contribution in [0.5, 0.6) is 5.75 Å². The minimum absolute atomic E-state index is 0.0595. The first-order valence-electron chi connectivity index (χ1n) is 10.9. The molecule has 10 heteroatoms. The predicted octanol–water partition coefficient (Wildman–Crippen LogP) is 5.53. The van der Waals surface area contributed by atoms with Gasteiger partial charge in [-0.05, 0) is 65.7 Å². The molecule has 0 saturated carbocycles. The largest absolute Gasteiger partial charge is 0.507 e. The van der Waals surface area contributed by atoms with Crippen LogP contribution in [0, 0.1) is 6.92 Å². The van der Waals surface area contributed by atoms with Crippen LogP contribution in [0.3, 0.4) is 0 Å². The van der Waals surface area contributed by atoms with Gasteiger partial charge in [-0.1, -0.05) is 46.3 Å². The van der Waals surface area contributed by atoms with Crippen molar-refractivity contribution in [3.8, 4) is 5.75 Å². The molecule has 5 N–H and O–H groups in total. The van der Waals surface area contributed by atoms with Gasteiger partial charge in [-0.25, -0.2) is 9.59 Å². The van der Waals surface area contributed by atoms with Gasteiger partial charge >= 0.3 is 12.0 Å². The highest BCUT2D eigenvalue weighted by atomic mass is 79.9. The number of imide groups is 1. The molecule has 37 heavy (non-hydrogen) atoms. The summed E-state index contributed by atoms with van der Waals surface area (Å²) in [6.07, 6.45) is 0. The average Bonchev–Trinajstić information content (AvgIpc) is 2.85. The number of rotatable bonds is 5. The number of nitrogens with one attached hydrogen (secondary N) is 3. The third kappa shape index (κ3) is 5.60. The first kappa shape index (κ1) is 25.4. The van der Waals surface area contributed by atoms with Crippen LogP contribution in [-0.2, 0) is 0 Å². The molecule has 0 fully saturated rings. The molecule has 9 nitrogen and oxygen atoms in total. The first-order chi connectivity index (χ1) is 17.6. The number of fused-ring (bicyclic) bond motifs is 1. The number of carboxylic acids is 1. The Kier molecular flexibility index (Phi) is 7.21. The van der Waals surface area contributed by atoms with Gasteiger partial charge in [0.2, 0.25) is 0 Å². The molecule has 186 valence electrons. The molecule has 0 aliphatic rings. The maximum atomic E-state index is 13.1. The number of carbonyl (C=O) groups excluding carboxylic acids is 3. The fourth-order valence-electron chi connectivity index (χ4n) is 3.76. The second-order valence-corrected chi connectivity index (χ2v) is 8.97. The van der Waals surface area contributed by atoms with Crippen LogP contribution in [0.25, 0.3) is 10.8 Å². The molecular formula is C27H20BrN3O6. The first-order valence-corrected chi connectivity index (χ1v) is 11.7. The van der Waals surface area contributed by atoms with Crippen molar-refractivity contribution in [1.82, 2.24) is 5.32 Å². The molecule has 0 spiro atoms. The van der Waals surface area contributed by atoms with Crippen LogP contribution < -0.4 is 16.0 Å². The van der Waals surface area contributed by atoms with Crippen LogP contribution in [0.2, 0.25) is 0 Å². The van der Waals surface area contributed by atoms with Gasteiger partial charge in [0.25, 0.3) is 11.8 Å². The van der Waals surface area contributed by atoms with Crippen molar-refractivity contribution in [1.29, 1.82) is 0 Å². The summed E-state index contributed by atoms with van der Waals surface area (Å²) >= 11 is 3.29. The Labute approximate surface area is 219 Å². The van der Waals surface area contributed by atoms with E-state index in [1.807, 2.05) is 12.1 Å². The molecule has 0 heterocycles. The van der Waals surface area contributed by atoms with Gasteiger partial charge < -0.3 is 20.8 Å². The number of aromatic hydroxyl groups is 1. The quantitative estimate of drug-likeness (QED) is 0.216. The molecule has 0 aromatic heterocycles. The second-order valence-electron chi connectivity index (χ2n) is 8.06. The summed E-state index contributed by atoms with van der Waals surface area (Å²) in [6.45, 7) is 1.67. The molecule has 4 aromatic carbocycles. The van der Waals surface area contributed by atoms with Crippen molar-refractivity contribution in [2.75, 3.05) is 10.6 Å². The lowest BCUT2D eigenvalue weighted by Crippen LogP contribution is -2.34. The smallest absolute Gasteiger partial charge is 0.337 e. The van der Waals surface area contributed by atoms with E-state index in [0.717, 1.165) is 22.0 Å². The summed E-state index contributed by atoms with van der Waals surface area (Å²) in [6, 6.07) is 18.1. The molecule has 0 saturated heterocycles. The Bertz CT molecular complexity index is 1580. The molecule has 0 aliphatic heterocycles. The van der Waals surface area contributed by atoms with Crippen molar-refractivity contribution in [3.05, 3.63) is 99.5 Å². The number of amides is 4. The summed E-state index contributed by atoms with van der Waals surface area (Å²) in [5.74, 6) is -3.16. The minimum atomic E-state index is -1.34. The molecule has 0 unspecified atom stereocenters. The maximum absolute atomic E-state index is 13.1. The zero-order valence-corrected chi connectivity index (χ0v) is 20.9. The Balaban J connectivity index is 1.59. The number of anilines is 2. The van der Waals surface area contributed by atoms with E-state index in [-0.39, 0.29) is 28.1 Å². The number of carboxylic acid groups (broad SMARTS) is 1. The number of hydrogen-bond acceptors (Lipinski definition) is 5. The van der Waals surface area contributed by atoms with Crippen LogP contribution in [-0.4, -0.2) is 34.0 Å². The standard InChI is InChI=1S/C27H20BrN3O6/c1-14-19-8-3-2-5-15(19)11-21(23(14)32)25(34)30-22-12-16(9-10-20(22)26(35)36)24(33)31-27(37)29-18-7-4-6-17(28)13-18/h2-13,32H,1H3,(H,30,34)(H,35,36)(H2,29,31,33,37). The van der Waals surface area contributed by atoms with E-state index in [9.17, 15) is 29.4 Å². The van der Waals surface area contributed by atoms with Crippen molar-refractivity contribution in [3.63, 3.8) is 0 Å². The predicted molar refractivity (Wildman–Crippen MR) is 142 cm³/mol. The molecule has 0 aliphatic carbocycles. The summed E-state index contributed by atoms with van der Waals surface area (Å²) in [7, 11) is 0. The van der Waals surface area contributed by atoms with E-state index in [1.165, 1.54) is 12.1 Å². The molecule has 0 radical (unpaired) electrons.